The van der Waals surface area contributed by atoms with Gasteiger partial charge in [-0.1, -0.05) is 0 Å². The third-order valence-electron chi connectivity index (χ3n) is 3.12. The second-order valence-corrected chi connectivity index (χ2v) is 6.95. The first-order valence-corrected chi connectivity index (χ1v) is 7.80. The lowest BCUT2D eigenvalue weighted by atomic mass is 10.2. The van der Waals surface area contributed by atoms with Crippen LogP contribution in [-0.4, -0.2) is 45.4 Å². The minimum Gasteiger partial charge on any atom is -0.368 e. The SMILES string of the molecule is CN(C)S(=O)(=O)c1ccc(NC(=O)C2CCCO2)cc1. The van der Waals surface area contributed by atoms with E-state index in [9.17, 15) is 13.2 Å². The fraction of sp³-hybridized carbons (Fsp3) is 0.462. The average molecular weight is 298 g/mol. The maximum atomic E-state index is 11.9. The van der Waals surface area contributed by atoms with Crippen molar-refractivity contribution in [1.82, 2.24) is 4.31 Å². The zero-order valence-electron chi connectivity index (χ0n) is 11.5. The molecule has 20 heavy (non-hydrogen) atoms. The largest absolute Gasteiger partial charge is 0.368 e. The molecule has 1 atom stereocenters. The van der Waals surface area contributed by atoms with Gasteiger partial charge in [0.05, 0.1) is 4.90 Å². The molecule has 1 amide bonds. The van der Waals surface area contributed by atoms with Crippen molar-refractivity contribution >= 4 is 21.6 Å². The Balaban J connectivity index is 2.07. The van der Waals surface area contributed by atoms with Gasteiger partial charge < -0.3 is 10.1 Å². The summed E-state index contributed by atoms with van der Waals surface area (Å²) in [5.41, 5.74) is 0.559. The number of carbonyl (C=O) groups excluding carboxylic acids is 1. The molecule has 1 aromatic rings. The number of sulfonamides is 1. The predicted octanol–water partition coefficient (Wildman–Crippen LogP) is 1.05. The van der Waals surface area contributed by atoms with Gasteiger partial charge in [-0.25, -0.2) is 12.7 Å². The number of rotatable bonds is 4. The number of ether oxygens (including phenoxy) is 1. The molecule has 0 bridgehead atoms. The third-order valence-corrected chi connectivity index (χ3v) is 4.95. The Morgan fingerprint density at radius 2 is 1.95 bits per heavy atom. The van der Waals surface area contributed by atoms with Crippen LogP contribution < -0.4 is 5.32 Å². The van der Waals surface area contributed by atoms with E-state index in [1.165, 1.54) is 26.2 Å². The van der Waals surface area contributed by atoms with Crippen LogP contribution in [0.1, 0.15) is 12.8 Å². The second kappa shape index (κ2) is 5.90. The molecule has 0 aromatic heterocycles. The highest BCUT2D eigenvalue weighted by molar-refractivity contribution is 7.89. The van der Waals surface area contributed by atoms with Gasteiger partial charge in [-0.2, -0.15) is 0 Å². The van der Waals surface area contributed by atoms with Crippen LogP contribution >= 0.6 is 0 Å². The molecule has 6 nitrogen and oxygen atoms in total. The molecule has 110 valence electrons. The molecule has 0 saturated carbocycles. The first kappa shape index (κ1) is 15.0. The summed E-state index contributed by atoms with van der Waals surface area (Å²) in [7, 11) is -0.493. The van der Waals surface area contributed by atoms with Crippen LogP contribution in [-0.2, 0) is 19.6 Å². The summed E-state index contributed by atoms with van der Waals surface area (Å²) in [5.74, 6) is -0.189. The highest BCUT2D eigenvalue weighted by Crippen LogP contribution is 2.18. The zero-order chi connectivity index (χ0) is 14.8. The van der Waals surface area contributed by atoms with Crippen LogP contribution in [0.3, 0.4) is 0 Å². The lowest BCUT2D eigenvalue weighted by Gasteiger charge is -2.13. The summed E-state index contributed by atoms with van der Waals surface area (Å²) in [4.78, 5) is 12.0. The first-order chi connectivity index (χ1) is 9.41. The fourth-order valence-electron chi connectivity index (χ4n) is 1.93. The number of hydrogen-bond donors (Lipinski definition) is 1. The van der Waals surface area contributed by atoms with Gasteiger partial charge in [0.1, 0.15) is 6.10 Å². The Kier molecular flexibility index (Phi) is 4.42. The maximum absolute atomic E-state index is 11.9. The lowest BCUT2D eigenvalue weighted by Crippen LogP contribution is -2.27. The molecule has 1 fully saturated rings. The van der Waals surface area contributed by atoms with Crippen LogP contribution in [0.25, 0.3) is 0 Å². The Hall–Kier alpha value is -1.44. The van der Waals surface area contributed by atoms with Gasteiger partial charge in [-0.15, -0.1) is 0 Å². The molecule has 1 N–H and O–H groups in total. The van der Waals surface area contributed by atoms with E-state index in [2.05, 4.69) is 5.32 Å². The number of nitrogens with zero attached hydrogens (tertiary/aromatic N) is 1. The molecule has 1 unspecified atom stereocenters. The summed E-state index contributed by atoms with van der Waals surface area (Å²) >= 11 is 0. The van der Waals surface area contributed by atoms with E-state index in [1.54, 1.807) is 12.1 Å². The topological polar surface area (TPSA) is 75.7 Å². The van der Waals surface area contributed by atoms with Crippen molar-refractivity contribution in [3.05, 3.63) is 24.3 Å². The molecule has 0 radical (unpaired) electrons. The molecule has 1 aliphatic heterocycles. The number of anilines is 1. The third kappa shape index (κ3) is 3.17. The van der Waals surface area contributed by atoms with Gasteiger partial charge >= 0.3 is 0 Å². The molecule has 2 rings (SSSR count). The predicted molar refractivity (Wildman–Crippen MR) is 74.9 cm³/mol. The smallest absolute Gasteiger partial charge is 0.253 e. The summed E-state index contributed by atoms with van der Waals surface area (Å²) < 4.78 is 30.2. The minimum atomic E-state index is -3.44. The summed E-state index contributed by atoms with van der Waals surface area (Å²) in [6.07, 6.45) is 1.21. The van der Waals surface area contributed by atoms with E-state index in [1.807, 2.05) is 0 Å². The molecule has 1 aromatic carbocycles. The van der Waals surface area contributed by atoms with Gasteiger partial charge in [0.15, 0.2) is 0 Å². The quantitative estimate of drug-likeness (QED) is 0.901. The Morgan fingerprint density at radius 3 is 2.45 bits per heavy atom. The number of hydrogen-bond acceptors (Lipinski definition) is 4. The van der Waals surface area contributed by atoms with E-state index in [4.69, 9.17) is 4.74 Å². The number of benzene rings is 1. The Labute approximate surface area is 118 Å². The van der Waals surface area contributed by atoms with Crippen molar-refractivity contribution < 1.29 is 17.9 Å². The zero-order valence-corrected chi connectivity index (χ0v) is 12.3. The molecular formula is C13H18N2O4S. The van der Waals surface area contributed by atoms with E-state index in [-0.39, 0.29) is 10.8 Å². The first-order valence-electron chi connectivity index (χ1n) is 6.36. The summed E-state index contributed by atoms with van der Waals surface area (Å²) in [6.45, 7) is 0.609. The molecule has 0 spiro atoms. The van der Waals surface area contributed by atoms with Crippen molar-refractivity contribution in [2.24, 2.45) is 0 Å². The van der Waals surface area contributed by atoms with Crippen LogP contribution in [0.4, 0.5) is 5.69 Å². The van der Waals surface area contributed by atoms with Gasteiger partial charge in [0.25, 0.3) is 5.91 Å². The van der Waals surface area contributed by atoms with E-state index < -0.39 is 16.1 Å². The number of amides is 1. The normalized spacial score (nSPS) is 19.2. The number of nitrogens with one attached hydrogen (secondary N) is 1. The van der Waals surface area contributed by atoms with Crippen LogP contribution in [0.2, 0.25) is 0 Å². The van der Waals surface area contributed by atoms with Gasteiger partial charge in [0.2, 0.25) is 10.0 Å². The Bertz CT molecular complexity index is 575. The minimum absolute atomic E-state index is 0.189. The van der Waals surface area contributed by atoms with E-state index in [0.29, 0.717) is 12.3 Å². The van der Waals surface area contributed by atoms with E-state index in [0.717, 1.165) is 17.1 Å². The monoisotopic (exact) mass is 298 g/mol. The average Bonchev–Trinajstić information content (AvgIpc) is 2.93. The van der Waals surface area contributed by atoms with Gasteiger partial charge in [0, 0.05) is 26.4 Å². The second-order valence-electron chi connectivity index (χ2n) is 4.80. The highest BCUT2D eigenvalue weighted by Gasteiger charge is 2.23. The standard InChI is InChI=1S/C13H18N2O4S/c1-15(2)20(17,18)11-7-5-10(6-8-11)14-13(16)12-4-3-9-19-12/h5-8,12H,3-4,9H2,1-2H3,(H,14,16). The van der Waals surface area contributed by atoms with Gasteiger partial charge in [-0.3, -0.25) is 4.79 Å². The summed E-state index contributed by atoms with van der Waals surface area (Å²) in [5, 5.41) is 2.72. The summed E-state index contributed by atoms with van der Waals surface area (Å²) in [6, 6.07) is 6.09. The van der Waals surface area contributed by atoms with Crippen molar-refractivity contribution in [2.75, 3.05) is 26.0 Å². The molecule has 0 aliphatic carbocycles. The lowest BCUT2D eigenvalue weighted by molar-refractivity contribution is -0.124. The van der Waals surface area contributed by atoms with Crippen molar-refractivity contribution in [3.63, 3.8) is 0 Å². The van der Waals surface area contributed by atoms with E-state index >= 15 is 0 Å². The maximum Gasteiger partial charge on any atom is 0.253 e. The van der Waals surface area contributed by atoms with Crippen molar-refractivity contribution in [2.45, 2.75) is 23.8 Å². The van der Waals surface area contributed by atoms with Gasteiger partial charge in [-0.05, 0) is 37.1 Å². The molecule has 1 saturated heterocycles. The van der Waals surface area contributed by atoms with Crippen LogP contribution in [0.5, 0.6) is 0 Å². The molecule has 1 aliphatic rings. The molecule has 1 heterocycles. The van der Waals surface area contributed by atoms with Crippen molar-refractivity contribution in [1.29, 1.82) is 0 Å². The highest BCUT2D eigenvalue weighted by atomic mass is 32.2. The molecular weight excluding hydrogens is 280 g/mol. The molecule has 7 heteroatoms. The van der Waals surface area contributed by atoms with Crippen LogP contribution in [0.15, 0.2) is 29.2 Å². The van der Waals surface area contributed by atoms with Crippen molar-refractivity contribution in [3.8, 4) is 0 Å². The Morgan fingerprint density at radius 1 is 1.30 bits per heavy atom. The fourth-order valence-corrected chi connectivity index (χ4v) is 2.83. The number of carbonyl (C=O) groups is 1. The van der Waals surface area contributed by atoms with Crippen LogP contribution in [0, 0.1) is 0 Å².